The Morgan fingerprint density at radius 3 is 2.40 bits per heavy atom. The first kappa shape index (κ1) is 14.4. The van der Waals surface area contributed by atoms with E-state index < -0.39 is 0 Å². The van der Waals surface area contributed by atoms with Gasteiger partial charge in [0, 0.05) is 6.42 Å². The maximum Gasteiger partial charge on any atom is 0.342 e. The van der Waals surface area contributed by atoms with Crippen LogP contribution in [0.1, 0.15) is 59.8 Å². The first-order chi connectivity index (χ1) is 6.95. The molecule has 0 saturated heterocycles. The maximum atomic E-state index is 11.1. The number of carbonyl (C=O) groups is 1. The molecule has 0 aromatic carbocycles. The lowest BCUT2D eigenvalue weighted by atomic mass is 9.90. The van der Waals surface area contributed by atoms with Crippen molar-refractivity contribution in [3.63, 3.8) is 0 Å². The Labute approximate surface area is 93.1 Å². The van der Waals surface area contributed by atoms with Gasteiger partial charge in [-0.2, -0.15) is 4.89 Å². The van der Waals surface area contributed by atoms with Gasteiger partial charge in [-0.3, -0.25) is 4.89 Å². The molecule has 0 N–H and O–H groups in total. The normalized spacial score (nSPS) is 11.5. The number of rotatable bonds is 7. The fourth-order valence-corrected chi connectivity index (χ4v) is 1.12. The van der Waals surface area contributed by atoms with Gasteiger partial charge in [-0.1, -0.05) is 34.1 Å². The van der Waals surface area contributed by atoms with Gasteiger partial charge in [0.25, 0.3) is 0 Å². The van der Waals surface area contributed by atoms with Crippen LogP contribution in [0.4, 0.5) is 0 Å². The van der Waals surface area contributed by atoms with Gasteiger partial charge in [-0.15, -0.1) is 0 Å². The molecule has 0 aromatic rings. The van der Waals surface area contributed by atoms with Gasteiger partial charge in [-0.05, 0) is 24.7 Å². The number of hydrogen-bond acceptors (Lipinski definition) is 3. The van der Waals surface area contributed by atoms with E-state index in [2.05, 4.69) is 32.6 Å². The summed E-state index contributed by atoms with van der Waals surface area (Å²) in [6, 6.07) is 0. The van der Waals surface area contributed by atoms with Crippen LogP contribution in [0.3, 0.4) is 0 Å². The molecule has 0 radical (unpaired) electrons. The van der Waals surface area contributed by atoms with Crippen molar-refractivity contribution in [2.75, 3.05) is 6.61 Å². The van der Waals surface area contributed by atoms with Crippen molar-refractivity contribution in [2.24, 2.45) is 5.41 Å². The molecule has 0 aliphatic rings. The lowest BCUT2D eigenvalue weighted by Crippen LogP contribution is -2.09. The molecule has 0 saturated carbocycles. The zero-order chi connectivity index (χ0) is 11.7. The molecular formula is C12H24O3. The van der Waals surface area contributed by atoms with Crippen molar-refractivity contribution in [1.82, 2.24) is 0 Å². The van der Waals surface area contributed by atoms with Gasteiger partial charge in [0.2, 0.25) is 0 Å². The summed E-state index contributed by atoms with van der Waals surface area (Å²) >= 11 is 0. The molecular weight excluding hydrogens is 192 g/mol. The van der Waals surface area contributed by atoms with Crippen LogP contribution >= 0.6 is 0 Å². The summed E-state index contributed by atoms with van der Waals surface area (Å²) in [6.45, 7) is 9.05. The van der Waals surface area contributed by atoms with E-state index in [4.69, 9.17) is 4.89 Å². The third kappa shape index (κ3) is 11.4. The minimum Gasteiger partial charge on any atom is -0.298 e. The molecule has 0 aromatic heterocycles. The van der Waals surface area contributed by atoms with E-state index in [1.165, 1.54) is 0 Å². The molecule has 0 spiro atoms. The minimum absolute atomic E-state index is 0.254. The van der Waals surface area contributed by atoms with Crippen LogP contribution in [0.25, 0.3) is 0 Å². The van der Waals surface area contributed by atoms with Gasteiger partial charge in [0.05, 0.1) is 6.61 Å². The highest BCUT2D eigenvalue weighted by molar-refractivity contribution is 5.68. The summed E-state index contributed by atoms with van der Waals surface area (Å²) in [7, 11) is 0. The Hall–Kier alpha value is -0.570. The van der Waals surface area contributed by atoms with E-state index in [1.807, 2.05) is 0 Å². The topological polar surface area (TPSA) is 35.5 Å². The number of hydrogen-bond donors (Lipinski definition) is 0. The van der Waals surface area contributed by atoms with Gasteiger partial charge < -0.3 is 0 Å². The van der Waals surface area contributed by atoms with E-state index in [0.29, 0.717) is 13.0 Å². The van der Waals surface area contributed by atoms with E-state index in [-0.39, 0.29) is 11.4 Å². The Bertz CT molecular complexity index is 170. The molecule has 0 aliphatic heterocycles. The molecule has 0 rings (SSSR count). The average Bonchev–Trinajstić information content (AvgIpc) is 2.10. The Balaban J connectivity index is 3.34. The Kier molecular flexibility index (Phi) is 7.39. The van der Waals surface area contributed by atoms with E-state index in [0.717, 1.165) is 25.7 Å². The van der Waals surface area contributed by atoms with Crippen molar-refractivity contribution in [3.05, 3.63) is 0 Å². The van der Waals surface area contributed by atoms with Crippen molar-refractivity contribution in [1.29, 1.82) is 0 Å². The highest BCUT2D eigenvalue weighted by atomic mass is 17.2. The monoisotopic (exact) mass is 216 g/mol. The van der Waals surface area contributed by atoms with Crippen molar-refractivity contribution >= 4 is 5.97 Å². The second-order valence-electron chi connectivity index (χ2n) is 5.05. The first-order valence-electron chi connectivity index (χ1n) is 5.78. The summed E-state index contributed by atoms with van der Waals surface area (Å²) in [5, 5.41) is 0. The van der Waals surface area contributed by atoms with Gasteiger partial charge in [-0.25, -0.2) is 4.79 Å². The van der Waals surface area contributed by atoms with Crippen LogP contribution in [-0.2, 0) is 14.6 Å². The molecule has 15 heavy (non-hydrogen) atoms. The van der Waals surface area contributed by atoms with Crippen LogP contribution < -0.4 is 0 Å². The fourth-order valence-electron chi connectivity index (χ4n) is 1.12. The molecule has 0 bridgehead atoms. The summed E-state index contributed by atoms with van der Waals surface area (Å²) in [5.41, 5.74) is 0.281. The molecule has 0 aliphatic carbocycles. The van der Waals surface area contributed by atoms with Gasteiger partial charge >= 0.3 is 5.97 Å². The largest absolute Gasteiger partial charge is 0.342 e. The minimum atomic E-state index is -0.254. The SMILES string of the molecule is CCCCOOC(=O)CCCC(C)(C)C. The smallest absolute Gasteiger partial charge is 0.298 e. The third-order valence-electron chi connectivity index (χ3n) is 2.04. The number of carbonyl (C=O) groups excluding carboxylic acids is 1. The predicted molar refractivity (Wildman–Crippen MR) is 60.3 cm³/mol. The third-order valence-corrected chi connectivity index (χ3v) is 2.04. The fraction of sp³-hybridized carbons (Fsp3) is 0.917. The van der Waals surface area contributed by atoms with Crippen molar-refractivity contribution in [2.45, 2.75) is 59.8 Å². The average molecular weight is 216 g/mol. The highest BCUT2D eigenvalue weighted by Crippen LogP contribution is 2.21. The Morgan fingerprint density at radius 2 is 1.87 bits per heavy atom. The molecule has 90 valence electrons. The highest BCUT2D eigenvalue weighted by Gasteiger charge is 2.11. The first-order valence-corrected chi connectivity index (χ1v) is 5.78. The second-order valence-corrected chi connectivity index (χ2v) is 5.05. The van der Waals surface area contributed by atoms with Gasteiger partial charge in [0.1, 0.15) is 0 Å². The molecule has 0 heterocycles. The number of unbranched alkanes of at least 4 members (excludes halogenated alkanes) is 1. The zero-order valence-electron chi connectivity index (χ0n) is 10.5. The van der Waals surface area contributed by atoms with Crippen LogP contribution in [0.5, 0.6) is 0 Å². The summed E-state index contributed by atoms with van der Waals surface area (Å²) in [5.74, 6) is -0.254. The van der Waals surface area contributed by atoms with Crippen molar-refractivity contribution < 1.29 is 14.6 Å². The summed E-state index contributed by atoms with van der Waals surface area (Å²) in [4.78, 5) is 20.5. The molecule has 0 amide bonds. The van der Waals surface area contributed by atoms with Crippen LogP contribution in [0.15, 0.2) is 0 Å². The second kappa shape index (κ2) is 7.69. The lowest BCUT2D eigenvalue weighted by Gasteiger charge is -2.16. The van der Waals surface area contributed by atoms with E-state index in [9.17, 15) is 4.79 Å². The predicted octanol–water partition coefficient (Wildman–Crippen LogP) is 3.48. The molecule has 0 fully saturated rings. The van der Waals surface area contributed by atoms with E-state index >= 15 is 0 Å². The quantitative estimate of drug-likeness (QED) is 0.371. The molecule has 0 unspecified atom stereocenters. The molecule has 3 heteroatoms. The molecule has 0 atom stereocenters. The van der Waals surface area contributed by atoms with Crippen LogP contribution in [0, 0.1) is 5.41 Å². The summed E-state index contributed by atoms with van der Waals surface area (Å²) < 4.78 is 0. The van der Waals surface area contributed by atoms with Crippen LogP contribution in [-0.4, -0.2) is 12.6 Å². The Morgan fingerprint density at radius 1 is 1.20 bits per heavy atom. The van der Waals surface area contributed by atoms with Gasteiger partial charge in [0.15, 0.2) is 0 Å². The maximum absolute atomic E-state index is 11.1. The summed E-state index contributed by atoms with van der Waals surface area (Å²) in [6.07, 6.45) is 4.30. The van der Waals surface area contributed by atoms with Crippen LogP contribution in [0.2, 0.25) is 0 Å². The zero-order valence-corrected chi connectivity index (χ0v) is 10.5. The lowest BCUT2D eigenvalue weighted by molar-refractivity contribution is -0.272. The van der Waals surface area contributed by atoms with Crippen molar-refractivity contribution in [3.8, 4) is 0 Å². The molecule has 3 nitrogen and oxygen atoms in total. The standard InChI is InChI=1S/C12H24O3/c1-5-6-10-14-15-11(13)8-7-9-12(2,3)4/h5-10H2,1-4H3. The van der Waals surface area contributed by atoms with E-state index in [1.54, 1.807) is 0 Å².